The van der Waals surface area contributed by atoms with Gasteiger partial charge in [-0.05, 0) is 49.0 Å². The third-order valence-corrected chi connectivity index (χ3v) is 7.46. The van der Waals surface area contributed by atoms with Gasteiger partial charge in [-0.2, -0.15) is 4.37 Å². The molecular formula is C27H29N5O6S. The molecule has 2 aliphatic rings. The Hall–Kier alpha value is -4.16. The molecule has 204 valence electrons. The summed E-state index contributed by atoms with van der Waals surface area (Å²) in [6.07, 6.45) is 1.67. The van der Waals surface area contributed by atoms with Gasteiger partial charge in [0.15, 0.2) is 17.2 Å². The molecule has 0 bridgehead atoms. The Kier molecular flexibility index (Phi) is 7.66. The molecule has 12 heteroatoms. The van der Waals surface area contributed by atoms with Crippen LogP contribution < -0.4 is 31.2 Å². The van der Waals surface area contributed by atoms with Crippen LogP contribution in [0.3, 0.4) is 0 Å². The standard InChI is InChI=1S/C27H29N5O6S/c1-15-4-6-16(7-5-15)23(26(34)30-14-18-3-2-10-36-18)32(17-8-9-19-20(13-17)38-12-11-37-19)27(35)24-21(28)22(25(29)33)31-39-24/h4-9,13,18,23H,2-3,10-12,14,28H2,1H3,(H2,29,33)(H,30,34)/t18-,23+/m1/s1. The molecule has 1 fully saturated rings. The van der Waals surface area contributed by atoms with Crippen molar-refractivity contribution in [2.24, 2.45) is 5.73 Å². The third kappa shape index (κ3) is 5.52. The van der Waals surface area contributed by atoms with E-state index in [4.69, 9.17) is 25.7 Å². The first-order chi connectivity index (χ1) is 18.8. The van der Waals surface area contributed by atoms with E-state index in [1.54, 1.807) is 30.3 Å². The lowest BCUT2D eigenvalue weighted by Crippen LogP contribution is -2.45. The minimum Gasteiger partial charge on any atom is -0.486 e. The van der Waals surface area contributed by atoms with Gasteiger partial charge in [0, 0.05) is 24.9 Å². The zero-order chi connectivity index (χ0) is 27.5. The molecule has 5 N–H and O–H groups in total. The van der Waals surface area contributed by atoms with Crippen molar-refractivity contribution in [1.82, 2.24) is 9.69 Å². The molecule has 3 amide bonds. The monoisotopic (exact) mass is 551 g/mol. The van der Waals surface area contributed by atoms with Crippen LogP contribution in [0.2, 0.25) is 0 Å². The summed E-state index contributed by atoms with van der Waals surface area (Å²) >= 11 is 0.750. The van der Waals surface area contributed by atoms with Gasteiger partial charge in [0.1, 0.15) is 24.1 Å². The smallest absolute Gasteiger partial charge is 0.273 e. The fraction of sp³-hybridized carbons (Fsp3) is 0.333. The second-order valence-electron chi connectivity index (χ2n) is 9.33. The zero-order valence-electron chi connectivity index (χ0n) is 21.3. The van der Waals surface area contributed by atoms with Gasteiger partial charge in [0.2, 0.25) is 5.91 Å². The summed E-state index contributed by atoms with van der Waals surface area (Å²) in [6, 6.07) is 11.2. The SMILES string of the molecule is Cc1ccc([C@@H](C(=O)NC[C@H]2CCCO2)N(C(=O)c2snc(C(N)=O)c2N)c2ccc3c(c2)OCCO3)cc1. The molecular weight excluding hydrogens is 522 g/mol. The number of carbonyl (C=O) groups is 3. The van der Waals surface area contributed by atoms with Crippen molar-refractivity contribution in [1.29, 1.82) is 0 Å². The topological polar surface area (TPSA) is 159 Å². The van der Waals surface area contributed by atoms with Crippen LogP contribution in [-0.2, 0) is 9.53 Å². The van der Waals surface area contributed by atoms with E-state index in [1.165, 1.54) is 4.90 Å². The number of primary amides is 1. The van der Waals surface area contributed by atoms with E-state index in [2.05, 4.69) is 9.69 Å². The molecule has 11 nitrogen and oxygen atoms in total. The average molecular weight is 552 g/mol. The van der Waals surface area contributed by atoms with Crippen LogP contribution >= 0.6 is 11.5 Å². The first-order valence-corrected chi connectivity index (χ1v) is 13.3. The van der Waals surface area contributed by atoms with Crippen molar-refractivity contribution in [3.05, 3.63) is 64.2 Å². The lowest BCUT2D eigenvalue weighted by atomic mass is 10.0. The highest BCUT2D eigenvalue weighted by Gasteiger charge is 2.37. The Balaban J connectivity index is 1.61. The number of hydrogen-bond acceptors (Lipinski definition) is 9. The van der Waals surface area contributed by atoms with Gasteiger partial charge in [-0.3, -0.25) is 19.3 Å². The van der Waals surface area contributed by atoms with Crippen LogP contribution in [0, 0.1) is 6.92 Å². The van der Waals surface area contributed by atoms with Crippen molar-refractivity contribution in [2.75, 3.05) is 37.0 Å². The van der Waals surface area contributed by atoms with Crippen molar-refractivity contribution in [3.8, 4) is 11.5 Å². The molecule has 2 aromatic carbocycles. The summed E-state index contributed by atoms with van der Waals surface area (Å²) in [5.74, 6) is -0.907. The number of carbonyl (C=O) groups excluding carboxylic acids is 3. The minimum atomic E-state index is -1.10. The predicted octanol–water partition coefficient (Wildman–Crippen LogP) is 2.59. The van der Waals surface area contributed by atoms with E-state index in [9.17, 15) is 14.4 Å². The van der Waals surface area contributed by atoms with Gasteiger partial charge in [-0.15, -0.1) is 0 Å². The lowest BCUT2D eigenvalue weighted by Gasteiger charge is -2.32. The molecule has 0 unspecified atom stereocenters. The van der Waals surface area contributed by atoms with Gasteiger partial charge in [-0.1, -0.05) is 29.8 Å². The van der Waals surface area contributed by atoms with Crippen LogP contribution in [0.25, 0.3) is 0 Å². The Morgan fingerprint density at radius 3 is 2.51 bits per heavy atom. The van der Waals surface area contributed by atoms with Crippen LogP contribution in [0.5, 0.6) is 11.5 Å². The second kappa shape index (κ2) is 11.3. The van der Waals surface area contributed by atoms with Crippen LogP contribution in [0.15, 0.2) is 42.5 Å². The van der Waals surface area contributed by atoms with Gasteiger partial charge in [0.05, 0.1) is 11.8 Å². The molecule has 0 aliphatic carbocycles. The fourth-order valence-electron chi connectivity index (χ4n) is 4.59. The highest BCUT2D eigenvalue weighted by atomic mass is 32.1. The minimum absolute atomic E-state index is 0.0114. The molecule has 2 aliphatic heterocycles. The van der Waals surface area contributed by atoms with Crippen LogP contribution in [0.1, 0.15) is 50.2 Å². The number of aromatic nitrogens is 1. The van der Waals surface area contributed by atoms with Gasteiger partial charge < -0.3 is 31.0 Å². The number of nitrogens with zero attached hydrogens (tertiary/aromatic N) is 2. The number of aryl methyl sites for hydroxylation is 1. The zero-order valence-corrected chi connectivity index (χ0v) is 22.2. The van der Waals surface area contributed by atoms with Crippen molar-refractivity contribution >= 4 is 40.6 Å². The highest BCUT2D eigenvalue weighted by molar-refractivity contribution is 7.09. The van der Waals surface area contributed by atoms with Crippen LogP contribution in [0.4, 0.5) is 11.4 Å². The lowest BCUT2D eigenvalue weighted by molar-refractivity contribution is -0.123. The van der Waals surface area contributed by atoms with E-state index in [0.717, 1.165) is 29.9 Å². The van der Waals surface area contributed by atoms with E-state index in [-0.39, 0.29) is 22.4 Å². The number of ether oxygens (including phenoxy) is 3. The molecule has 0 radical (unpaired) electrons. The van der Waals surface area contributed by atoms with Crippen molar-refractivity contribution in [3.63, 3.8) is 0 Å². The first kappa shape index (κ1) is 26.4. The fourth-order valence-corrected chi connectivity index (χ4v) is 5.33. The number of rotatable bonds is 8. The number of hydrogen-bond donors (Lipinski definition) is 3. The Bertz CT molecular complexity index is 1390. The summed E-state index contributed by atoms with van der Waals surface area (Å²) in [4.78, 5) is 41.2. The second-order valence-corrected chi connectivity index (χ2v) is 10.1. The Labute approximate surface area is 229 Å². The molecule has 3 aromatic rings. The molecule has 2 atom stereocenters. The van der Waals surface area contributed by atoms with Crippen molar-refractivity contribution in [2.45, 2.75) is 31.9 Å². The number of nitrogen functional groups attached to an aromatic ring is 1. The predicted molar refractivity (Wildman–Crippen MR) is 145 cm³/mol. The number of benzene rings is 2. The van der Waals surface area contributed by atoms with E-state index in [1.807, 2.05) is 19.1 Å². The Morgan fingerprint density at radius 1 is 1.10 bits per heavy atom. The first-order valence-electron chi connectivity index (χ1n) is 12.6. The molecule has 1 aromatic heterocycles. The van der Waals surface area contributed by atoms with Gasteiger partial charge >= 0.3 is 0 Å². The molecule has 5 rings (SSSR count). The molecule has 39 heavy (non-hydrogen) atoms. The summed E-state index contributed by atoms with van der Waals surface area (Å²) in [6.45, 7) is 3.64. The highest BCUT2D eigenvalue weighted by Crippen LogP contribution is 2.39. The van der Waals surface area contributed by atoms with E-state index in [0.29, 0.717) is 49.1 Å². The molecule has 0 saturated carbocycles. The number of nitrogens with two attached hydrogens (primary N) is 2. The largest absolute Gasteiger partial charge is 0.486 e. The summed E-state index contributed by atoms with van der Waals surface area (Å²) < 4.78 is 21.1. The Morgan fingerprint density at radius 2 is 1.85 bits per heavy atom. The summed E-state index contributed by atoms with van der Waals surface area (Å²) in [7, 11) is 0. The van der Waals surface area contributed by atoms with Gasteiger partial charge in [0.25, 0.3) is 11.8 Å². The van der Waals surface area contributed by atoms with E-state index >= 15 is 0 Å². The van der Waals surface area contributed by atoms with Crippen LogP contribution in [-0.4, -0.2) is 54.6 Å². The normalized spacial score (nSPS) is 16.9. The molecule has 0 spiro atoms. The summed E-state index contributed by atoms with van der Waals surface area (Å²) in [5.41, 5.74) is 13.2. The number of fused-ring (bicyclic) bond motifs is 1. The third-order valence-electron chi connectivity index (χ3n) is 6.61. The number of nitrogens with one attached hydrogen (secondary N) is 1. The molecule has 1 saturated heterocycles. The maximum Gasteiger partial charge on any atom is 0.273 e. The quantitative estimate of drug-likeness (QED) is 0.385. The molecule has 3 heterocycles. The summed E-state index contributed by atoms with van der Waals surface area (Å²) in [5, 5.41) is 2.96. The number of amides is 3. The maximum absolute atomic E-state index is 14.2. The average Bonchev–Trinajstić information content (AvgIpc) is 3.60. The maximum atomic E-state index is 14.2. The number of anilines is 2. The van der Waals surface area contributed by atoms with E-state index < -0.39 is 23.8 Å². The van der Waals surface area contributed by atoms with Gasteiger partial charge in [-0.25, -0.2) is 0 Å². The van der Waals surface area contributed by atoms with Crippen molar-refractivity contribution < 1.29 is 28.6 Å².